The molecule has 0 aromatic heterocycles. The van der Waals surface area contributed by atoms with Gasteiger partial charge < -0.3 is 10.1 Å². The van der Waals surface area contributed by atoms with E-state index in [1.54, 1.807) is 13.8 Å². The van der Waals surface area contributed by atoms with Crippen molar-refractivity contribution in [3.8, 4) is 0 Å². The molecule has 0 aliphatic carbocycles. The number of hydrogen-bond acceptors (Lipinski definition) is 6. The van der Waals surface area contributed by atoms with E-state index in [2.05, 4.69) is 5.32 Å². The lowest BCUT2D eigenvalue weighted by Crippen LogP contribution is -2.43. The maximum absolute atomic E-state index is 12.4. The maximum atomic E-state index is 12.4. The summed E-state index contributed by atoms with van der Waals surface area (Å²) in [4.78, 5) is 34.9. The molecule has 0 heterocycles. The van der Waals surface area contributed by atoms with Gasteiger partial charge in [-0.3, -0.25) is 10.1 Å². The molecular formula is C16H23N3O6S. The lowest BCUT2D eigenvalue weighted by molar-refractivity contribution is -0.127. The van der Waals surface area contributed by atoms with Gasteiger partial charge in [0.05, 0.1) is 10.5 Å². The second-order valence-corrected chi connectivity index (χ2v) is 7.17. The van der Waals surface area contributed by atoms with Crippen molar-refractivity contribution in [2.24, 2.45) is 0 Å². The van der Waals surface area contributed by atoms with E-state index >= 15 is 0 Å². The van der Waals surface area contributed by atoms with Crippen LogP contribution in [-0.2, 0) is 19.6 Å². The van der Waals surface area contributed by atoms with Crippen LogP contribution >= 0.6 is 0 Å². The molecular weight excluding hydrogens is 362 g/mol. The number of hydrogen-bond donors (Lipinski definition) is 2. The Hall–Kier alpha value is -2.46. The van der Waals surface area contributed by atoms with E-state index in [9.17, 15) is 22.8 Å². The Morgan fingerprint density at radius 3 is 2.12 bits per heavy atom. The lowest BCUT2D eigenvalue weighted by atomic mass is 10.2. The van der Waals surface area contributed by atoms with Gasteiger partial charge in [-0.15, -0.1) is 0 Å². The number of urea groups is 1. The number of carbonyl (C=O) groups excluding carboxylic acids is 3. The minimum atomic E-state index is -3.62. The second-order valence-electron chi connectivity index (χ2n) is 5.23. The van der Waals surface area contributed by atoms with Crippen molar-refractivity contribution < 1.29 is 27.5 Å². The Bertz CT molecular complexity index is 757. The van der Waals surface area contributed by atoms with Gasteiger partial charge in [0.1, 0.15) is 0 Å². The van der Waals surface area contributed by atoms with Crippen molar-refractivity contribution >= 4 is 27.9 Å². The van der Waals surface area contributed by atoms with Gasteiger partial charge >= 0.3 is 12.0 Å². The predicted molar refractivity (Wildman–Crippen MR) is 94.0 cm³/mol. The van der Waals surface area contributed by atoms with Crippen molar-refractivity contribution in [1.29, 1.82) is 0 Å². The Kier molecular flexibility index (Phi) is 7.72. The molecule has 0 aliphatic rings. The van der Waals surface area contributed by atoms with Crippen LogP contribution in [0.25, 0.3) is 0 Å². The molecule has 0 radical (unpaired) electrons. The van der Waals surface area contributed by atoms with Crippen LogP contribution in [0, 0.1) is 0 Å². The summed E-state index contributed by atoms with van der Waals surface area (Å²) in [6, 6.07) is 4.51. The van der Waals surface area contributed by atoms with E-state index < -0.39 is 34.0 Å². The first kappa shape index (κ1) is 21.6. The molecule has 0 fully saturated rings. The summed E-state index contributed by atoms with van der Waals surface area (Å²) in [5, 5.41) is 4.19. The number of carbonyl (C=O) groups is 3. The van der Waals surface area contributed by atoms with Gasteiger partial charge in [0.15, 0.2) is 6.10 Å². The van der Waals surface area contributed by atoms with E-state index in [4.69, 9.17) is 4.74 Å². The molecule has 144 valence electrons. The third-order valence-electron chi connectivity index (χ3n) is 3.55. The molecule has 1 rings (SSSR count). The smallest absolute Gasteiger partial charge is 0.338 e. The molecule has 0 spiro atoms. The molecule has 9 nitrogen and oxygen atoms in total. The van der Waals surface area contributed by atoms with E-state index in [0.717, 1.165) is 0 Å². The molecule has 0 unspecified atom stereocenters. The zero-order valence-corrected chi connectivity index (χ0v) is 15.9. The molecule has 0 saturated heterocycles. The van der Waals surface area contributed by atoms with Gasteiger partial charge in [-0.05, 0) is 31.2 Å². The Morgan fingerprint density at radius 2 is 1.65 bits per heavy atom. The normalized spacial score (nSPS) is 12.3. The summed E-state index contributed by atoms with van der Waals surface area (Å²) in [7, 11) is -2.28. The van der Waals surface area contributed by atoms with Gasteiger partial charge in [0.2, 0.25) is 10.0 Å². The zero-order valence-electron chi connectivity index (χ0n) is 15.1. The SMILES string of the molecule is CCN(CC)S(=O)(=O)c1ccc(C(=O)O[C@H](C)C(=O)NC(=O)NC)cc1. The summed E-state index contributed by atoms with van der Waals surface area (Å²) in [5.41, 5.74) is 0.0862. The first-order valence-corrected chi connectivity index (χ1v) is 9.45. The number of sulfonamides is 1. The largest absolute Gasteiger partial charge is 0.449 e. The van der Waals surface area contributed by atoms with E-state index in [-0.39, 0.29) is 10.5 Å². The summed E-state index contributed by atoms with van der Waals surface area (Å²) >= 11 is 0. The molecule has 1 aromatic carbocycles. The molecule has 1 aromatic rings. The maximum Gasteiger partial charge on any atom is 0.338 e. The number of imide groups is 1. The van der Waals surface area contributed by atoms with Gasteiger partial charge in [0.25, 0.3) is 5.91 Å². The third-order valence-corrected chi connectivity index (χ3v) is 5.61. The van der Waals surface area contributed by atoms with Crippen molar-refractivity contribution in [3.63, 3.8) is 0 Å². The average molecular weight is 385 g/mol. The molecule has 10 heteroatoms. The van der Waals surface area contributed by atoms with E-state index in [0.29, 0.717) is 13.1 Å². The van der Waals surface area contributed by atoms with Crippen LogP contribution in [0.2, 0.25) is 0 Å². The highest BCUT2D eigenvalue weighted by atomic mass is 32.2. The predicted octanol–water partition coefficient (Wildman–Crippen LogP) is 0.718. The van der Waals surface area contributed by atoms with E-state index in [1.165, 1.54) is 42.5 Å². The number of rotatable bonds is 7. The summed E-state index contributed by atoms with van der Waals surface area (Å²) in [6.45, 7) is 5.45. The first-order valence-electron chi connectivity index (χ1n) is 8.01. The van der Waals surface area contributed by atoms with Gasteiger partial charge in [-0.25, -0.2) is 18.0 Å². The van der Waals surface area contributed by atoms with Crippen LogP contribution < -0.4 is 10.6 Å². The quantitative estimate of drug-likeness (QED) is 0.667. The van der Waals surface area contributed by atoms with Crippen molar-refractivity contribution in [2.45, 2.75) is 31.8 Å². The van der Waals surface area contributed by atoms with Crippen LogP contribution in [0.5, 0.6) is 0 Å². The van der Waals surface area contributed by atoms with Gasteiger partial charge in [-0.2, -0.15) is 4.31 Å². The minimum Gasteiger partial charge on any atom is -0.449 e. The fourth-order valence-corrected chi connectivity index (χ4v) is 3.49. The fraction of sp³-hybridized carbons (Fsp3) is 0.438. The monoisotopic (exact) mass is 385 g/mol. The standard InChI is InChI=1S/C16H23N3O6S/c1-5-19(6-2)26(23,24)13-9-7-12(8-10-13)15(21)25-11(3)14(20)18-16(22)17-4/h7-11H,5-6H2,1-4H3,(H2,17,18,20,22)/t11-/m1/s1. The molecule has 3 amide bonds. The number of ether oxygens (including phenoxy) is 1. The Balaban J connectivity index is 2.84. The number of benzene rings is 1. The number of nitrogens with zero attached hydrogens (tertiary/aromatic N) is 1. The molecule has 0 aliphatic heterocycles. The molecule has 0 saturated carbocycles. The minimum absolute atomic E-state index is 0.0585. The fourth-order valence-electron chi connectivity index (χ4n) is 2.03. The van der Waals surface area contributed by atoms with Crippen LogP contribution in [0.15, 0.2) is 29.2 Å². The second kappa shape index (κ2) is 9.30. The first-order chi connectivity index (χ1) is 12.2. The Labute approximate surface area is 152 Å². The van der Waals surface area contributed by atoms with Crippen LogP contribution in [0.3, 0.4) is 0 Å². The Morgan fingerprint density at radius 1 is 1.12 bits per heavy atom. The molecule has 26 heavy (non-hydrogen) atoms. The molecule has 0 bridgehead atoms. The van der Waals surface area contributed by atoms with Gasteiger partial charge in [0, 0.05) is 20.1 Å². The number of nitrogens with one attached hydrogen (secondary N) is 2. The number of amides is 3. The highest BCUT2D eigenvalue weighted by molar-refractivity contribution is 7.89. The summed E-state index contributed by atoms with van der Waals surface area (Å²) in [6.07, 6.45) is -1.20. The average Bonchev–Trinajstić information content (AvgIpc) is 2.62. The highest BCUT2D eigenvalue weighted by Crippen LogP contribution is 2.17. The molecule has 1 atom stereocenters. The number of esters is 1. The van der Waals surface area contributed by atoms with Gasteiger partial charge in [-0.1, -0.05) is 13.8 Å². The van der Waals surface area contributed by atoms with E-state index in [1.807, 2.05) is 5.32 Å². The third kappa shape index (κ3) is 5.27. The van der Waals surface area contributed by atoms with Crippen molar-refractivity contribution in [2.75, 3.05) is 20.1 Å². The molecule has 2 N–H and O–H groups in total. The zero-order chi connectivity index (χ0) is 19.9. The van der Waals surface area contributed by atoms with Crippen molar-refractivity contribution in [3.05, 3.63) is 29.8 Å². The summed E-state index contributed by atoms with van der Waals surface area (Å²) < 4.78 is 31.1. The van der Waals surface area contributed by atoms with Crippen molar-refractivity contribution in [1.82, 2.24) is 14.9 Å². The topological polar surface area (TPSA) is 122 Å². The van der Waals surface area contributed by atoms with Crippen LogP contribution in [0.4, 0.5) is 4.79 Å². The van der Waals surface area contributed by atoms with Crippen LogP contribution in [0.1, 0.15) is 31.1 Å². The summed E-state index contributed by atoms with van der Waals surface area (Å²) in [5.74, 6) is -1.59. The van der Waals surface area contributed by atoms with Crippen LogP contribution in [-0.4, -0.2) is 56.9 Å². The lowest BCUT2D eigenvalue weighted by Gasteiger charge is -2.18. The highest BCUT2D eigenvalue weighted by Gasteiger charge is 2.23.